The molecule has 1 amide bonds. The van der Waals surface area contributed by atoms with E-state index < -0.39 is 5.54 Å². The molecule has 0 spiro atoms. The van der Waals surface area contributed by atoms with Crippen LogP contribution < -0.4 is 11.1 Å². The summed E-state index contributed by atoms with van der Waals surface area (Å²) in [5.41, 5.74) is 6.20. The number of carbonyl (C=O) groups excluding carboxylic acids is 1. The molecule has 1 atom stereocenters. The first-order chi connectivity index (χ1) is 9.18. The number of hydrogen-bond donors (Lipinski definition) is 2. The van der Waals surface area contributed by atoms with E-state index in [2.05, 4.69) is 12.2 Å². The van der Waals surface area contributed by atoms with Crippen molar-refractivity contribution in [3.05, 3.63) is 42.8 Å². The molecule has 4 heteroatoms. The van der Waals surface area contributed by atoms with Crippen molar-refractivity contribution in [3.8, 4) is 0 Å². The molecule has 4 nitrogen and oxygen atoms in total. The molecule has 1 aromatic carbocycles. The number of hydrogen-bond acceptors (Lipinski definition) is 3. The molecule has 1 aliphatic rings. The topological polar surface area (TPSA) is 58.4 Å². The van der Waals surface area contributed by atoms with Crippen molar-refractivity contribution in [1.82, 2.24) is 10.2 Å². The van der Waals surface area contributed by atoms with Gasteiger partial charge in [-0.3, -0.25) is 4.79 Å². The van der Waals surface area contributed by atoms with Crippen molar-refractivity contribution in [1.29, 1.82) is 0 Å². The summed E-state index contributed by atoms with van der Waals surface area (Å²) in [5, 5.41) is 3.29. The van der Waals surface area contributed by atoms with Crippen molar-refractivity contribution >= 4 is 5.91 Å². The van der Waals surface area contributed by atoms with Crippen molar-refractivity contribution in [3.63, 3.8) is 0 Å². The maximum atomic E-state index is 12.7. The molecule has 1 aromatic rings. The third-order valence-corrected chi connectivity index (χ3v) is 3.69. The monoisotopic (exact) mass is 260 g/mol. The first kappa shape index (κ1) is 14.0. The summed E-state index contributed by atoms with van der Waals surface area (Å²) in [6.07, 6.45) is 1.33. The third-order valence-electron chi connectivity index (χ3n) is 3.69. The molecule has 0 aromatic heterocycles. The summed E-state index contributed by atoms with van der Waals surface area (Å²) in [6, 6.07) is 9.54. The number of carbonyl (C=O) groups is 1. The van der Waals surface area contributed by atoms with Gasteiger partial charge in [-0.05, 0) is 24.9 Å². The normalized spacial score (nSPS) is 19.6. The number of nitrogens with two attached hydrogens (primary N) is 1. The quantitative estimate of drug-likeness (QED) is 0.848. The van der Waals surface area contributed by atoms with Crippen LogP contribution in [0, 0.1) is 6.92 Å². The molecule has 1 heterocycles. The second-order valence-corrected chi connectivity index (χ2v) is 4.98. The van der Waals surface area contributed by atoms with E-state index in [1.807, 2.05) is 35.2 Å². The Morgan fingerprint density at radius 1 is 1.32 bits per heavy atom. The summed E-state index contributed by atoms with van der Waals surface area (Å²) in [7, 11) is 0. The molecular formula is C15H22N3O. The van der Waals surface area contributed by atoms with Gasteiger partial charge in [-0.25, -0.2) is 0 Å². The summed E-state index contributed by atoms with van der Waals surface area (Å²) >= 11 is 0. The van der Waals surface area contributed by atoms with Gasteiger partial charge in [-0.15, -0.1) is 0 Å². The van der Waals surface area contributed by atoms with E-state index in [0.29, 0.717) is 13.0 Å². The molecule has 1 fully saturated rings. The second-order valence-electron chi connectivity index (χ2n) is 4.98. The highest BCUT2D eigenvalue weighted by Gasteiger charge is 2.37. The number of benzene rings is 1. The number of nitrogens with one attached hydrogen (secondary N) is 1. The lowest BCUT2D eigenvalue weighted by atomic mass is 9.86. The van der Waals surface area contributed by atoms with E-state index in [-0.39, 0.29) is 5.91 Å². The van der Waals surface area contributed by atoms with Crippen LogP contribution in [-0.2, 0) is 10.3 Å². The lowest BCUT2D eigenvalue weighted by Gasteiger charge is -2.33. The van der Waals surface area contributed by atoms with Gasteiger partial charge in [0.1, 0.15) is 5.54 Å². The predicted octanol–water partition coefficient (Wildman–Crippen LogP) is 0.887. The third kappa shape index (κ3) is 2.96. The number of amides is 1. The summed E-state index contributed by atoms with van der Waals surface area (Å²) in [5.74, 6) is -0.0163. The number of rotatable bonds is 3. The Hall–Kier alpha value is -1.39. The fraction of sp³-hybridized carbons (Fsp3) is 0.467. The standard InChI is InChI=1S/C15H22N3O/c1-2-15(16,13-7-4-3-5-8-13)14(19)18-11-6-9-17-10-12-18/h3-5,7-8,17H,1-2,6,9-12,16H2. The minimum Gasteiger partial charge on any atom is -0.339 e. The van der Waals surface area contributed by atoms with Crippen molar-refractivity contribution in [2.45, 2.75) is 18.4 Å². The van der Waals surface area contributed by atoms with Crippen LogP contribution in [0.2, 0.25) is 0 Å². The smallest absolute Gasteiger partial charge is 0.247 e. The Balaban J connectivity index is 2.22. The summed E-state index contributed by atoms with van der Waals surface area (Å²) in [6.45, 7) is 7.14. The second kappa shape index (κ2) is 6.17. The van der Waals surface area contributed by atoms with Gasteiger partial charge in [-0.1, -0.05) is 37.3 Å². The van der Waals surface area contributed by atoms with Crippen LogP contribution in [0.4, 0.5) is 0 Å². The molecule has 19 heavy (non-hydrogen) atoms. The van der Waals surface area contributed by atoms with E-state index in [0.717, 1.165) is 31.6 Å². The van der Waals surface area contributed by atoms with Crippen molar-refractivity contribution in [2.75, 3.05) is 26.2 Å². The van der Waals surface area contributed by atoms with Crippen LogP contribution in [0.15, 0.2) is 30.3 Å². The zero-order chi connectivity index (χ0) is 13.7. The lowest BCUT2D eigenvalue weighted by Crippen LogP contribution is -2.53. The zero-order valence-electron chi connectivity index (χ0n) is 11.3. The average molecular weight is 260 g/mol. The van der Waals surface area contributed by atoms with Gasteiger partial charge in [0.15, 0.2) is 0 Å². The highest BCUT2D eigenvalue weighted by Crippen LogP contribution is 2.24. The van der Waals surface area contributed by atoms with Gasteiger partial charge in [0, 0.05) is 19.6 Å². The van der Waals surface area contributed by atoms with Crippen LogP contribution in [-0.4, -0.2) is 37.0 Å². The molecule has 1 saturated heterocycles. The zero-order valence-corrected chi connectivity index (χ0v) is 11.3. The van der Waals surface area contributed by atoms with Crippen molar-refractivity contribution in [2.24, 2.45) is 5.73 Å². The minimum atomic E-state index is -1.01. The maximum Gasteiger partial charge on any atom is 0.247 e. The lowest BCUT2D eigenvalue weighted by molar-refractivity contribution is -0.137. The van der Waals surface area contributed by atoms with Gasteiger partial charge in [-0.2, -0.15) is 0 Å². The molecule has 0 aliphatic carbocycles. The SMILES string of the molecule is [CH2]CC(N)(C(=O)N1CCCNCC1)c1ccccc1. The fourth-order valence-electron chi connectivity index (χ4n) is 2.44. The van der Waals surface area contributed by atoms with E-state index in [1.165, 1.54) is 0 Å². The Labute approximate surface area is 115 Å². The van der Waals surface area contributed by atoms with E-state index in [4.69, 9.17) is 5.73 Å². The highest BCUT2D eigenvalue weighted by molar-refractivity contribution is 5.87. The molecule has 2 rings (SSSR count). The predicted molar refractivity (Wildman–Crippen MR) is 76.3 cm³/mol. The molecule has 0 bridgehead atoms. The number of nitrogens with zero attached hydrogens (tertiary/aromatic N) is 1. The van der Waals surface area contributed by atoms with Gasteiger partial charge in [0.2, 0.25) is 5.91 Å². The Morgan fingerprint density at radius 3 is 2.74 bits per heavy atom. The Morgan fingerprint density at radius 2 is 2.05 bits per heavy atom. The highest BCUT2D eigenvalue weighted by atomic mass is 16.2. The van der Waals surface area contributed by atoms with Crippen LogP contribution in [0.5, 0.6) is 0 Å². The first-order valence-corrected chi connectivity index (χ1v) is 6.82. The van der Waals surface area contributed by atoms with E-state index in [1.54, 1.807) is 0 Å². The molecule has 1 radical (unpaired) electrons. The Kier molecular flexibility index (Phi) is 4.56. The van der Waals surface area contributed by atoms with Crippen LogP contribution >= 0.6 is 0 Å². The molecule has 103 valence electrons. The Bertz CT molecular complexity index is 413. The largest absolute Gasteiger partial charge is 0.339 e. The van der Waals surface area contributed by atoms with Gasteiger partial charge in [0.25, 0.3) is 0 Å². The molecule has 0 saturated carbocycles. The van der Waals surface area contributed by atoms with Crippen LogP contribution in [0.3, 0.4) is 0 Å². The fourth-order valence-corrected chi connectivity index (χ4v) is 2.44. The van der Waals surface area contributed by atoms with Crippen LogP contribution in [0.25, 0.3) is 0 Å². The maximum absolute atomic E-state index is 12.7. The molecule has 1 unspecified atom stereocenters. The molecular weight excluding hydrogens is 238 g/mol. The van der Waals surface area contributed by atoms with Gasteiger partial charge in [0.05, 0.1) is 0 Å². The minimum absolute atomic E-state index is 0.0163. The van der Waals surface area contributed by atoms with Crippen molar-refractivity contribution < 1.29 is 4.79 Å². The van der Waals surface area contributed by atoms with Gasteiger partial charge >= 0.3 is 0 Å². The average Bonchev–Trinajstić information content (AvgIpc) is 2.75. The van der Waals surface area contributed by atoms with Crippen LogP contribution in [0.1, 0.15) is 18.4 Å². The van der Waals surface area contributed by atoms with Gasteiger partial charge < -0.3 is 16.0 Å². The summed E-state index contributed by atoms with van der Waals surface area (Å²) in [4.78, 5) is 14.6. The van der Waals surface area contributed by atoms with E-state index in [9.17, 15) is 4.79 Å². The first-order valence-electron chi connectivity index (χ1n) is 6.82. The van der Waals surface area contributed by atoms with E-state index >= 15 is 0 Å². The molecule has 3 N–H and O–H groups in total. The summed E-state index contributed by atoms with van der Waals surface area (Å²) < 4.78 is 0. The molecule has 1 aliphatic heterocycles.